The van der Waals surface area contributed by atoms with Gasteiger partial charge in [-0.05, 0) is 18.1 Å². The number of rotatable bonds is 3. The topological polar surface area (TPSA) is 23.8 Å². The SMILES string of the molecule is Cc1ccccc1CSCC#N. The van der Waals surface area contributed by atoms with Crippen LogP contribution in [-0.4, -0.2) is 5.75 Å². The Kier molecular flexibility index (Phi) is 3.69. The fourth-order valence-electron chi connectivity index (χ4n) is 0.979. The highest BCUT2D eigenvalue weighted by molar-refractivity contribution is 7.98. The molecule has 0 N–H and O–H groups in total. The van der Waals surface area contributed by atoms with Crippen LogP contribution in [0.2, 0.25) is 0 Å². The molecule has 0 aliphatic rings. The molecule has 0 aliphatic carbocycles. The van der Waals surface area contributed by atoms with Crippen LogP contribution in [0.4, 0.5) is 0 Å². The van der Waals surface area contributed by atoms with E-state index in [0.29, 0.717) is 5.75 Å². The van der Waals surface area contributed by atoms with E-state index >= 15 is 0 Å². The molecule has 1 nitrogen and oxygen atoms in total. The predicted octanol–water partition coefficient (Wildman–Crippen LogP) is 2.75. The van der Waals surface area contributed by atoms with Crippen molar-refractivity contribution in [2.45, 2.75) is 12.7 Å². The van der Waals surface area contributed by atoms with Crippen molar-refractivity contribution in [2.24, 2.45) is 0 Å². The normalized spacial score (nSPS) is 9.33. The van der Waals surface area contributed by atoms with Gasteiger partial charge in [0.05, 0.1) is 11.8 Å². The van der Waals surface area contributed by atoms with Crippen LogP contribution in [0, 0.1) is 18.3 Å². The minimum absolute atomic E-state index is 0.578. The minimum Gasteiger partial charge on any atom is -0.197 e. The third kappa shape index (κ3) is 2.60. The van der Waals surface area contributed by atoms with Gasteiger partial charge in [0.25, 0.3) is 0 Å². The quantitative estimate of drug-likeness (QED) is 0.663. The number of aryl methyl sites for hydroxylation is 1. The van der Waals surface area contributed by atoms with Gasteiger partial charge >= 0.3 is 0 Å². The van der Waals surface area contributed by atoms with Crippen LogP contribution in [-0.2, 0) is 5.75 Å². The molecule has 0 atom stereocenters. The van der Waals surface area contributed by atoms with Crippen molar-refractivity contribution in [2.75, 3.05) is 5.75 Å². The zero-order chi connectivity index (χ0) is 8.81. The lowest BCUT2D eigenvalue weighted by Gasteiger charge is -2.01. The third-order valence-corrected chi connectivity index (χ3v) is 2.53. The molecule has 1 aromatic rings. The fourth-order valence-corrected chi connectivity index (χ4v) is 1.72. The summed E-state index contributed by atoms with van der Waals surface area (Å²) in [4.78, 5) is 0. The highest BCUT2D eigenvalue weighted by Crippen LogP contribution is 2.14. The summed E-state index contributed by atoms with van der Waals surface area (Å²) in [6.45, 7) is 2.10. The van der Waals surface area contributed by atoms with Crippen molar-refractivity contribution in [3.63, 3.8) is 0 Å². The van der Waals surface area contributed by atoms with Gasteiger partial charge in [0, 0.05) is 5.75 Å². The summed E-state index contributed by atoms with van der Waals surface area (Å²) < 4.78 is 0. The third-order valence-electron chi connectivity index (χ3n) is 1.69. The number of nitrogens with zero attached hydrogens (tertiary/aromatic N) is 1. The van der Waals surface area contributed by atoms with Gasteiger partial charge in [-0.25, -0.2) is 0 Å². The van der Waals surface area contributed by atoms with Crippen LogP contribution in [0.15, 0.2) is 24.3 Å². The Morgan fingerprint density at radius 3 is 2.83 bits per heavy atom. The predicted molar refractivity (Wildman–Crippen MR) is 53.0 cm³/mol. The molecular weight excluding hydrogens is 166 g/mol. The van der Waals surface area contributed by atoms with Crippen molar-refractivity contribution in [1.29, 1.82) is 5.26 Å². The summed E-state index contributed by atoms with van der Waals surface area (Å²) in [6, 6.07) is 10.4. The molecule has 0 bridgehead atoms. The second kappa shape index (κ2) is 4.84. The maximum atomic E-state index is 8.34. The van der Waals surface area contributed by atoms with Crippen molar-refractivity contribution >= 4 is 11.8 Å². The van der Waals surface area contributed by atoms with Gasteiger partial charge < -0.3 is 0 Å². The number of hydrogen-bond donors (Lipinski definition) is 0. The van der Waals surface area contributed by atoms with Gasteiger partial charge in [-0.1, -0.05) is 24.3 Å². The number of nitriles is 1. The van der Waals surface area contributed by atoms with Crippen LogP contribution >= 0.6 is 11.8 Å². The maximum absolute atomic E-state index is 8.34. The van der Waals surface area contributed by atoms with Crippen LogP contribution in [0.5, 0.6) is 0 Å². The second-order valence-corrected chi connectivity index (χ2v) is 3.56. The average Bonchev–Trinajstić information content (AvgIpc) is 2.09. The number of benzene rings is 1. The van der Waals surface area contributed by atoms with E-state index in [0.717, 1.165) is 5.75 Å². The van der Waals surface area contributed by atoms with E-state index in [-0.39, 0.29) is 0 Å². The molecule has 0 fully saturated rings. The van der Waals surface area contributed by atoms with Gasteiger partial charge in [0.2, 0.25) is 0 Å². The molecule has 0 spiro atoms. The van der Waals surface area contributed by atoms with Gasteiger partial charge in [-0.15, -0.1) is 11.8 Å². The average molecular weight is 177 g/mol. The first kappa shape index (κ1) is 9.15. The second-order valence-electron chi connectivity index (χ2n) is 2.58. The standard InChI is InChI=1S/C10H11NS/c1-9-4-2-3-5-10(9)8-12-7-6-11/h2-5H,7-8H2,1H3. The molecule has 0 saturated heterocycles. The van der Waals surface area contributed by atoms with E-state index in [1.165, 1.54) is 11.1 Å². The highest BCUT2D eigenvalue weighted by atomic mass is 32.2. The number of thioether (sulfide) groups is 1. The van der Waals surface area contributed by atoms with Crippen LogP contribution in [0.3, 0.4) is 0 Å². The molecule has 12 heavy (non-hydrogen) atoms. The molecule has 0 saturated carbocycles. The summed E-state index contributed by atoms with van der Waals surface area (Å²) in [5.74, 6) is 1.52. The molecular formula is C10H11NS. The van der Waals surface area contributed by atoms with Gasteiger partial charge in [0.15, 0.2) is 0 Å². The first-order valence-electron chi connectivity index (χ1n) is 3.84. The molecule has 2 heteroatoms. The molecule has 1 aromatic carbocycles. The monoisotopic (exact) mass is 177 g/mol. The summed E-state index contributed by atoms with van der Waals surface area (Å²) in [7, 11) is 0. The Morgan fingerprint density at radius 1 is 1.42 bits per heavy atom. The molecule has 62 valence electrons. The van der Waals surface area contributed by atoms with E-state index in [2.05, 4.69) is 25.1 Å². The molecule has 1 rings (SSSR count). The van der Waals surface area contributed by atoms with Gasteiger partial charge in [-0.3, -0.25) is 0 Å². The van der Waals surface area contributed by atoms with E-state index in [1.807, 2.05) is 12.1 Å². The Labute approximate surface area is 77.4 Å². The zero-order valence-corrected chi connectivity index (χ0v) is 7.90. The summed E-state index contributed by atoms with van der Waals surface area (Å²) >= 11 is 1.66. The first-order valence-corrected chi connectivity index (χ1v) is 4.99. The summed E-state index contributed by atoms with van der Waals surface area (Å²) in [5, 5.41) is 8.34. The van der Waals surface area contributed by atoms with Crippen LogP contribution in [0.25, 0.3) is 0 Å². The Balaban J connectivity index is 2.53. The van der Waals surface area contributed by atoms with E-state index in [1.54, 1.807) is 11.8 Å². The van der Waals surface area contributed by atoms with E-state index < -0.39 is 0 Å². The minimum atomic E-state index is 0.578. The molecule has 0 amide bonds. The summed E-state index contributed by atoms with van der Waals surface area (Å²) in [6.07, 6.45) is 0. The van der Waals surface area contributed by atoms with Crippen molar-refractivity contribution in [1.82, 2.24) is 0 Å². The first-order chi connectivity index (χ1) is 5.84. The molecule has 0 aliphatic heterocycles. The maximum Gasteiger partial charge on any atom is 0.0811 e. The van der Waals surface area contributed by atoms with Crippen molar-refractivity contribution in [3.8, 4) is 6.07 Å². The smallest absolute Gasteiger partial charge is 0.0811 e. The summed E-state index contributed by atoms with van der Waals surface area (Å²) in [5.41, 5.74) is 2.64. The Hall–Kier alpha value is -0.940. The van der Waals surface area contributed by atoms with Gasteiger partial charge in [-0.2, -0.15) is 5.26 Å². The fraction of sp³-hybridized carbons (Fsp3) is 0.300. The molecule has 0 radical (unpaired) electrons. The molecule has 0 unspecified atom stereocenters. The van der Waals surface area contributed by atoms with Crippen LogP contribution < -0.4 is 0 Å². The van der Waals surface area contributed by atoms with Crippen LogP contribution in [0.1, 0.15) is 11.1 Å². The lowest BCUT2D eigenvalue weighted by molar-refractivity contribution is 1.31. The zero-order valence-electron chi connectivity index (χ0n) is 7.08. The largest absolute Gasteiger partial charge is 0.197 e. The van der Waals surface area contributed by atoms with E-state index in [4.69, 9.17) is 5.26 Å². The number of hydrogen-bond acceptors (Lipinski definition) is 2. The lowest BCUT2D eigenvalue weighted by Crippen LogP contribution is -1.85. The Morgan fingerprint density at radius 2 is 2.17 bits per heavy atom. The lowest BCUT2D eigenvalue weighted by atomic mass is 10.1. The van der Waals surface area contributed by atoms with E-state index in [9.17, 15) is 0 Å². The highest BCUT2D eigenvalue weighted by Gasteiger charge is 1.95. The molecule has 0 heterocycles. The van der Waals surface area contributed by atoms with Gasteiger partial charge in [0.1, 0.15) is 0 Å². The molecule has 0 aromatic heterocycles. The van der Waals surface area contributed by atoms with Crippen molar-refractivity contribution in [3.05, 3.63) is 35.4 Å². The van der Waals surface area contributed by atoms with Crippen molar-refractivity contribution < 1.29 is 0 Å². The Bertz CT molecular complexity index is 288.